The van der Waals surface area contributed by atoms with E-state index in [2.05, 4.69) is 48.9 Å². The van der Waals surface area contributed by atoms with Gasteiger partial charge in [0.1, 0.15) is 11.6 Å². The molecule has 1 amide bonds. The van der Waals surface area contributed by atoms with Gasteiger partial charge in [-0.15, -0.1) is 0 Å². The molecule has 186 valence electrons. The van der Waals surface area contributed by atoms with Crippen molar-refractivity contribution in [1.29, 1.82) is 0 Å². The van der Waals surface area contributed by atoms with Crippen LogP contribution in [0.5, 0.6) is 0 Å². The van der Waals surface area contributed by atoms with Crippen LogP contribution in [0.25, 0.3) is 0 Å². The minimum absolute atomic E-state index is 0.0792. The van der Waals surface area contributed by atoms with Gasteiger partial charge in [-0.05, 0) is 51.5 Å². The number of aromatic nitrogens is 2. The van der Waals surface area contributed by atoms with Gasteiger partial charge in [0, 0.05) is 69.3 Å². The van der Waals surface area contributed by atoms with Gasteiger partial charge in [-0.3, -0.25) is 9.69 Å². The highest BCUT2D eigenvalue weighted by atomic mass is 16.5. The first-order chi connectivity index (χ1) is 15.7. The Kier molecular flexibility index (Phi) is 9.10. The summed E-state index contributed by atoms with van der Waals surface area (Å²) in [5, 5.41) is 3.09. The molecule has 0 unspecified atom stereocenters. The second-order valence-electron chi connectivity index (χ2n) is 11.1. The van der Waals surface area contributed by atoms with E-state index in [1.54, 1.807) is 14.0 Å². The fourth-order valence-electron chi connectivity index (χ4n) is 5.08. The van der Waals surface area contributed by atoms with Crippen LogP contribution in [-0.2, 0) is 21.4 Å². The van der Waals surface area contributed by atoms with Gasteiger partial charge in [0.25, 0.3) is 0 Å². The van der Waals surface area contributed by atoms with E-state index in [9.17, 15) is 4.79 Å². The molecule has 1 aromatic heterocycles. The number of piperazine rings is 1. The summed E-state index contributed by atoms with van der Waals surface area (Å²) in [6.45, 7) is 15.4. The molecule has 2 heterocycles. The average Bonchev–Trinajstić information content (AvgIpc) is 2.76. The molecule has 1 aromatic rings. The van der Waals surface area contributed by atoms with Crippen LogP contribution >= 0.6 is 0 Å². The molecule has 1 saturated heterocycles. The number of carbonyl (C=O) groups excluding carboxylic acids is 1. The van der Waals surface area contributed by atoms with Crippen LogP contribution in [0.1, 0.15) is 78.2 Å². The zero-order valence-corrected chi connectivity index (χ0v) is 21.7. The van der Waals surface area contributed by atoms with E-state index in [-0.39, 0.29) is 11.3 Å². The standard InChI is InChI=1S/C26H45N5O2/c1-19-18-31(24-17-23(12-16-33-6)28-25(29-24)26(3,4)5)15-14-30(19)13-11-21-7-9-22(10-8-21)27-20(2)32/h17,19,21-22H,7-16,18H2,1-6H3,(H,27,32)/t19-,21-,22+/m0/s1. The van der Waals surface area contributed by atoms with Crippen molar-refractivity contribution in [2.24, 2.45) is 5.92 Å². The van der Waals surface area contributed by atoms with Gasteiger partial charge in [0.2, 0.25) is 5.91 Å². The predicted molar refractivity (Wildman–Crippen MR) is 134 cm³/mol. The molecule has 1 saturated carbocycles. The third kappa shape index (κ3) is 7.64. The second kappa shape index (κ2) is 11.6. The highest BCUT2D eigenvalue weighted by Gasteiger charge is 2.28. The molecule has 0 bridgehead atoms. The SMILES string of the molecule is COCCc1cc(N2CCN(CC[C@H]3CC[C@@H](NC(C)=O)CC3)[C@@H](C)C2)nc(C(C)(C)C)n1. The first kappa shape index (κ1) is 25.9. The summed E-state index contributed by atoms with van der Waals surface area (Å²) in [5.41, 5.74) is 0.987. The Labute approximate surface area is 200 Å². The number of amides is 1. The van der Waals surface area contributed by atoms with E-state index in [1.807, 2.05) is 0 Å². The van der Waals surface area contributed by atoms with Gasteiger partial charge in [-0.1, -0.05) is 20.8 Å². The predicted octanol–water partition coefficient (Wildman–Crippen LogP) is 3.56. The summed E-state index contributed by atoms with van der Waals surface area (Å²) in [6.07, 6.45) is 6.81. The highest BCUT2D eigenvalue weighted by Crippen LogP contribution is 2.28. The second-order valence-corrected chi connectivity index (χ2v) is 11.1. The molecular weight excluding hydrogens is 414 g/mol. The summed E-state index contributed by atoms with van der Waals surface area (Å²) in [6, 6.07) is 3.05. The number of rotatable bonds is 8. The van der Waals surface area contributed by atoms with Gasteiger partial charge in [0.05, 0.1) is 6.61 Å². The maximum absolute atomic E-state index is 11.3. The van der Waals surface area contributed by atoms with Gasteiger partial charge in [0.15, 0.2) is 0 Å². The third-order valence-electron chi connectivity index (χ3n) is 7.17. The number of anilines is 1. The molecule has 2 fully saturated rings. The Hall–Kier alpha value is -1.73. The monoisotopic (exact) mass is 459 g/mol. The van der Waals surface area contributed by atoms with E-state index in [4.69, 9.17) is 14.7 Å². The number of hydrogen-bond acceptors (Lipinski definition) is 6. The molecule has 7 nitrogen and oxygen atoms in total. The van der Waals surface area contributed by atoms with Crippen molar-refractivity contribution in [2.75, 3.05) is 44.8 Å². The van der Waals surface area contributed by atoms with Crippen LogP contribution in [0.15, 0.2) is 6.07 Å². The minimum Gasteiger partial charge on any atom is -0.384 e. The van der Waals surface area contributed by atoms with Crippen molar-refractivity contribution in [3.8, 4) is 0 Å². The van der Waals surface area contributed by atoms with E-state index >= 15 is 0 Å². The molecule has 1 N–H and O–H groups in total. The number of hydrogen-bond donors (Lipinski definition) is 1. The Bertz CT molecular complexity index is 770. The summed E-state index contributed by atoms with van der Waals surface area (Å²) < 4.78 is 5.29. The molecule has 3 rings (SSSR count). The lowest BCUT2D eigenvalue weighted by Gasteiger charge is -2.41. The molecule has 2 aliphatic rings. The highest BCUT2D eigenvalue weighted by molar-refractivity contribution is 5.73. The van der Waals surface area contributed by atoms with Crippen LogP contribution < -0.4 is 10.2 Å². The summed E-state index contributed by atoms with van der Waals surface area (Å²) in [4.78, 5) is 26.2. The van der Waals surface area contributed by atoms with Gasteiger partial charge in [-0.2, -0.15) is 0 Å². The number of carbonyl (C=O) groups is 1. The molecule has 0 aromatic carbocycles. The van der Waals surface area contributed by atoms with E-state index in [1.165, 1.54) is 25.8 Å². The molecule has 0 spiro atoms. The van der Waals surface area contributed by atoms with Crippen LogP contribution in [0, 0.1) is 5.92 Å². The normalized spacial score (nSPS) is 24.7. The van der Waals surface area contributed by atoms with Crippen molar-refractivity contribution in [1.82, 2.24) is 20.2 Å². The Morgan fingerprint density at radius 3 is 2.52 bits per heavy atom. The smallest absolute Gasteiger partial charge is 0.217 e. The molecule has 0 radical (unpaired) electrons. The molecular formula is C26H45N5O2. The van der Waals surface area contributed by atoms with Crippen LogP contribution in [0.2, 0.25) is 0 Å². The van der Waals surface area contributed by atoms with Gasteiger partial charge < -0.3 is 15.0 Å². The number of nitrogens with one attached hydrogen (secondary N) is 1. The maximum atomic E-state index is 11.3. The lowest BCUT2D eigenvalue weighted by molar-refractivity contribution is -0.119. The van der Waals surface area contributed by atoms with E-state index < -0.39 is 0 Å². The molecule has 1 atom stereocenters. The van der Waals surface area contributed by atoms with Crippen molar-refractivity contribution in [3.05, 3.63) is 17.6 Å². The third-order valence-corrected chi connectivity index (χ3v) is 7.17. The lowest BCUT2D eigenvalue weighted by atomic mass is 9.84. The van der Waals surface area contributed by atoms with Crippen molar-refractivity contribution >= 4 is 11.7 Å². The van der Waals surface area contributed by atoms with Crippen LogP contribution in [0.3, 0.4) is 0 Å². The Balaban J connectivity index is 1.54. The quantitative estimate of drug-likeness (QED) is 0.641. The number of methoxy groups -OCH3 is 1. The first-order valence-electron chi connectivity index (χ1n) is 12.8. The first-order valence-corrected chi connectivity index (χ1v) is 12.8. The van der Waals surface area contributed by atoms with Gasteiger partial charge in [-0.25, -0.2) is 9.97 Å². The largest absolute Gasteiger partial charge is 0.384 e. The zero-order valence-electron chi connectivity index (χ0n) is 21.7. The van der Waals surface area contributed by atoms with Crippen LogP contribution in [-0.4, -0.2) is 72.8 Å². The molecule has 1 aliphatic carbocycles. The Morgan fingerprint density at radius 2 is 1.91 bits per heavy atom. The molecule has 33 heavy (non-hydrogen) atoms. The van der Waals surface area contributed by atoms with Crippen molar-refractivity contribution in [2.45, 2.75) is 90.6 Å². The molecule has 7 heteroatoms. The number of nitrogens with zero attached hydrogens (tertiary/aromatic N) is 4. The lowest BCUT2D eigenvalue weighted by Crippen LogP contribution is -2.52. The average molecular weight is 460 g/mol. The van der Waals surface area contributed by atoms with E-state index in [0.717, 1.165) is 62.2 Å². The minimum atomic E-state index is -0.0792. The fourth-order valence-corrected chi connectivity index (χ4v) is 5.08. The molecule has 1 aliphatic heterocycles. The van der Waals surface area contributed by atoms with Crippen molar-refractivity contribution < 1.29 is 9.53 Å². The fraction of sp³-hybridized carbons (Fsp3) is 0.808. The van der Waals surface area contributed by atoms with E-state index in [0.29, 0.717) is 18.7 Å². The summed E-state index contributed by atoms with van der Waals surface area (Å²) in [5.74, 6) is 2.87. The number of ether oxygens (including phenoxy) is 1. The topological polar surface area (TPSA) is 70.6 Å². The maximum Gasteiger partial charge on any atom is 0.217 e. The van der Waals surface area contributed by atoms with Crippen LogP contribution in [0.4, 0.5) is 5.82 Å². The van der Waals surface area contributed by atoms with Crippen molar-refractivity contribution in [3.63, 3.8) is 0 Å². The summed E-state index contributed by atoms with van der Waals surface area (Å²) >= 11 is 0. The zero-order chi connectivity index (χ0) is 24.0. The van der Waals surface area contributed by atoms with Gasteiger partial charge >= 0.3 is 0 Å². The Morgan fingerprint density at radius 1 is 1.18 bits per heavy atom. The summed E-state index contributed by atoms with van der Waals surface area (Å²) in [7, 11) is 1.74.